The van der Waals surface area contributed by atoms with Crippen molar-refractivity contribution in [3.63, 3.8) is 0 Å². The molecule has 0 amide bonds. The Morgan fingerprint density at radius 2 is 2.06 bits per heavy atom. The van der Waals surface area contributed by atoms with Crippen molar-refractivity contribution in [2.24, 2.45) is 0 Å². The number of hydrogen-bond donors (Lipinski definition) is 1. The summed E-state index contributed by atoms with van der Waals surface area (Å²) in [6.45, 7) is 9.43. The Morgan fingerprint density at radius 3 is 2.67 bits per heavy atom. The Bertz CT molecular complexity index is 342. The molecule has 1 aromatic heterocycles. The number of hydrogen-bond acceptors (Lipinski definition) is 4. The van der Waals surface area contributed by atoms with E-state index in [4.69, 9.17) is 4.74 Å². The minimum absolute atomic E-state index is 0.146. The van der Waals surface area contributed by atoms with Crippen LogP contribution in [0, 0.1) is 0 Å². The Kier molecular flexibility index (Phi) is 6.65. The van der Waals surface area contributed by atoms with Crippen molar-refractivity contribution >= 4 is 0 Å². The number of rotatable bonds is 8. The minimum Gasteiger partial charge on any atom is -0.475 e. The molecule has 0 fully saturated rings. The van der Waals surface area contributed by atoms with Gasteiger partial charge in [0.25, 0.3) is 0 Å². The highest BCUT2D eigenvalue weighted by molar-refractivity contribution is 5.14. The summed E-state index contributed by atoms with van der Waals surface area (Å²) < 4.78 is 5.58. The third-order valence-corrected chi connectivity index (χ3v) is 2.69. The van der Waals surface area contributed by atoms with Gasteiger partial charge in [0.2, 0.25) is 5.88 Å². The Labute approximate surface area is 110 Å². The maximum absolute atomic E-state index is 5.58. The van der Waals surface area contributed by atoms with Gasteiger partial charge in [0.15, 0.2) is 0 Å². The molecule has 1 aromatic rings. The molecule has 102 valence electrons. The first-order chi connectivity index (χ1) is 8.65. The first-order valence-corrected chi connectivity index (χ1v) is 6.86. The van der Waals surface area contributed by atoms with Crippen molar-refractivity contribution in [3.05, 3.63) is 18.1 Å². The van der Waals surface area contributed by atoms with Crippen LogP contribution in [0.4, 0.5) is 0 Å². The zero-order valence-electron chi connectivity index (χ0n) is 11.9. The van der Waals surface area contributed by atoms with Crippen LogP contribution in [0.15, 0.2) is 12.4 Å². The normalized spacial score (nSPS) is 12.7. The number of nitrogens with zero attached hydrogens (tertiary/aromatic N) is 2. The van der Waals surface area contributed by atoms with E-state index in [1.165, 1.54) is 0 Å². The van der Waals surface area contributed by atoms with Crippen LogP contribution in [0.1, 0.15) is 46.2 Å². The molecule has 0 bridgehead atoms. The fourth-order valence-electron chi connectivity index (χ4n) is 1.76. The smallest absolute Gasteiger partial charge is 0.216 e. The first kappa shape index (κ1) is 14.9. The number of ether oxygens (including phenoxy) is 1. The van der Waals surface area contributed by atoms with Crippen LogP contribution in [-0.2, 0) is 6.42 Å². The average Bonchev–Trinajstić information content (AvgIpc) is 2.34. The topological polar surface area (TPSA) is 47.0 Å². The molecule has 0 spiro atoms. The van der Waals surface area contributed by atoms with Crippen LogP contribution in [-0.4, -0.2) is 28.7 Å². The highest BCUT2D eigenvalue weighted by atomic mass is 16.5. The maximum atomic E-state index is 5.58. The molecule has 4 nitrogen and oxygen atoms in total. The van der Waals surface area contributed by atoms with Crippen molar-refractivity contribution < 1.29 is 4.74 Å². The van der Waals surface area contributed by atoms with Crippen molar-refractivity contribution in [1.82, 2.24) is 15.3 Å². The van der Waals surface area contributed by atoms with E-state index in [0.29, 0.717) is 11.9 Å². The van der Waals surface area contributed by atoms with Gasteiger partial charge in [0, 0.05) is 24.2 Å². The molecule has 1 unspecified atom stereocenters. The van der Waals surface area contributed by atoms with Crippen LogP contribution in [0.2, 0.25) is 0 Å². The van der Waals surface area contributed by atoms with E-state index in [2.05, 4.69) is 29.1 Å². The van der Waals surface area contributed by atoms with Crippen molar-refractivity contribution in [2.45, 2.75) is 59.1 Å². The van der Waals surface area contributed by atoms with Crippen LogP contribution in [0.25, 0.3) is 0 Å². The molecule has 0 saturated heterocycles. The third kappa shape index (κ3) is 5.45. The van der Waals surface area contributed by atoms with Gasteiger partial charge in [-0.25, -0.2) is 9.97 Å². The molecular formula is C14H25N3O. The number of nitrogens with one attached hydrogen (secondary N) is 1. The zero-order valence-corrected chi connectivity index (χ0v) is 11.9. The summed E-state index contributed by atoms with van der Waals surface area (Å²) in [7, 11) is 0. The first-order valence-electron chi connectivity index (χ1n) is 6.86. The van der Waals surface area contributed by atoms with Gasteiger partial charge in [-0.2, -0.15) is 0 Å². The largest absolute Gasteiger partial charge is 0.475 e. The van der Waals surface area contributed by atoms with E-state index >= 15 is 0 Å². The van der Waals surface area contributed by atoms with E-state index < -0.39 is 0 Å². The van der Waals surface area contributed by atoms with E-state index in [9.17, 15) is 0 Å². The molecule has 0 aliphatic carbocycles. The highest BCUT2D eigenvalue weighted by Gasteiger charge is 2.09. The zero-order chi connectivity index (χ0) is 13.4. The fraction of sp³-hybridized carbons (Fsp3) is 0.714. The second kappa shape index (κ2) is 8.03. The van der Waals surface area contributed by atoms with Crippen LogP contribution < -0.4 is 10.1 Å². The van der Waals surface area contributed by atoms with Gasteiger partial charge >= 0.3 is 0 Å². The summed E-state index contributed by atoms with van der Waals surface area (Å²) in [6, 6.07) is 2.42. The van der Waals surface area contributed by atoms with Crippen LogP contribution >= 0.6 is 0 Å². The van der Waals surface area contributed by atoms with E-state index in [-0.39, 0.29) is 6.10 Å². The maximum Gasteiger partial charge on any atom is 0.216 e. The summed E-state index contributed by atoms with van der Waals surface area (Å²) in [4.78, 5) is 8.43. The molecule has 18 heavy (non-hydrogen) atoms. The molecule has 0 aliphatic heterocycles. The molecule has 0 radical (unpaired) electrons. The molecule has 1 rings (SSSR count). The second-order valence-corrected chi connectivity index (χ2v) is 4.78. The van der Waals surface area contributed by atoms with Gasteiger partial charge in [0.05, 0.1) is 6.10 Å². The lowest BCUT2D eigenvalue weighted by atomic mass is 10.1. The lowest BCUT2D eigenvalue weighted by Gasteiger charge is -2.16. The van der Waals surface area contributed by atoms with Crippen molar-refractivity contribution in [3.8, 4) is 5.88 Å². The predicted octanol–water partition coefficient (Wildman–Crippen LogP) is 2.58. The van der Waals surface area contributed by atoms with Gasteiger partial charge in [0.1, 0.15) is 6.33 Å². The van der Waals surface area contributed by atoms with Crippen molar-refractivity contribution in [1.29, 1.82) is 0 Å². The van der Waals surface area contributed by atoms with E-state index in [1.54, 1.807) is 6.33 Å². The number of aromatic nitrogens is 2. The molecule has 1 atom stereocenters. The van der Waals surface area contributed by atoms with Gasteiger partial charge in [-0.1, -0.05) is 13.8 Å². The molecule has 1 heterocycles. The van der Waals surface area contributed by atoms with Gasteiger partial charge in [-0.3, -0.25) is 0 Å². The second-order valence-electron chi connectivity index (χ2n) is 4.78. The van der Waals surface area contributed by atoms with Crippen LogP contribution in [0.3, 0.4) is 0 Å². The summed E-state index contributed by atoms with van der Waals surface area (Å²) >= 11 is 0. The third-order valence-electron chi connectivity index (χ3n) is 2.69. The summed E-state index contributed by atoms with van der Waals surface area (Å²) in [5.41, 5.74) is 1.04. The molecule has 0 saturated carbocycles. The monoisotopic (exact) mass is 251 g/mol. The lowest BCUT2D eigenvalue weighted by molar-refractivity contribution is 0.231. The van der Waals surface area contributed by atoms with Gasteiger partial charge in [-0.15, -0.1) is 0 Å². The Hall–Kier alpha value is -1.16. The lowest BCUT2D eigenvalue weighted by Crippen LogP contribution is -2.31. The molecule has 4 heteroatoms. The summed E-state index contributed by atoms with van der Waals surface area (Å²) in [5.74, 6) is 0.667. The Balaban J connectivity index is 2.59. The standard InChI is InChI=1S/C14H25N3O/c1-5-7-15-12(6-2)8-13-9-14(17-10-16-13)18-11(3)4/h9-12,15H,5-8H2,1-4H3. The van der Waals surface area contributed by atoms with Crippen molar-refractivity contribution in [2.75, 3.05) is 6.54 Å². The average molecular weight is 251 g/mol. The quantitative estimate of drug-likeness (QED) is 0.771. The Morgan fingerprint density at radius 1 is 1.28 bits per heavy atom. The van der Waals surface area contributed by atoms with Gasteiger partial charge < -0.3 is 10.1 Å². The summed E-state index contributed by atoms with van der Waals surface area (Å²) in [6.07, 6.45) is 4.91. The molecule has 0 aliphatic rings. The van der Waals surface area contributed by atoms with Crippen LogP contribution in [0.5, 0.6) is 5.88 Å². The van der Waals surface area contributed by atoms with E-state index in [1.807, 2.05) is 19.9 Å². The SMILES string of the molecule is CCCNC(CC)Cc1cc(OC(C)C)ncn1. The van der Waals surface area contributed by atoms with E-state index in [0.717, 1.165) is 31.5 Å². The molecule has 1 N–H and O–H groups in total. The molecule has 0 aromatic carbocycles. The minimum atomic E-state index is 0.146. The fourth-order valence-corrected chi connectivity index (χ4v) is 1.76. The molecular weight excluding hydrogens is 226 g/mol. The summed E-state index contributed by atoms with van der Waals surface area (Å²) in [5, 5.41) is 3.53. The van der Waals surface area contributed by atoms with Gasteiger partial charge in [-0.05, 0) is 33.2 Å². The predicted molar refractivity (Wildman–Crippen MR) is 73.9 cm³/mol. The highest BCUT2D eigenvalue weighted by Crippen LogP contribution is 2.11.